The number of hydrogen-bond donors (Lipinski definition) is 2. The van der Waals surface area contributed by atoms with Crippen molar-refractivity contribution in [3.8, 4) is 5.75 Å². The minimum Gasteiger partial charge on any atom is -0.494 e. The van der Waals surface area contributed by atoms with Gasteiger partial charge in [0.1, 0.15) is 11.6 Å². The van der Waals surface area contributed by atoms with Crippen molar-refractivity contribution in [3.05, 3.63) is 50.7 Å². The topological polar surface area (TPSA) is 114 Å². The van der Waals surface area contributed by atoms with E-state index in [0.717, 1.165) is 69.2 Å². The van der Waals surface area contributed by atoms with Gasteiger partial charge in [-0.25, -0.2) is 4.79 Å². The Bertz CT molecular complexity index is 1150. The summed E-state index contributed by atoms with van der Waals surface area (Å²) in [6.07, 6.45) is 7.25. The highest BCUT2D eigenvalue weighted by Crippen LogP contribution is 2.34. The molecule has 1 aromatic carbocycles. The molecule has 2 aromatic rings. The van der Waals surface area contributed by atoms with Crippen LogP contribution in [0.1, 0.15) is 76.8 Å². The van der Waals surface area contributed by atoms with E-state index in [1.54, 1.807) is 4.90 Å². The maximum atomic E-state index is 13.9. The van der Waals surface area contributed by atoms with Crippen molar-refractivity contribution in [2.24, 2.45) is 0 Å². The zero-order chi connectivity index (χ0) is 25.7. The van der Waals surface area contributed by atoms with Crippen LogP contribution in [-0.4, -0.2) is 46.1 Å². The molecule has 2 heterocycles. The van der Waals surface area contributed by atoms with Crippen molar-refractivity contribution >= 4 is 17.4 Å². The summed E-state index contributed by atoms with van der Waals surface area (Å²) >= 11 is 0. The van der Waals surface area contributed by atoms with E-state index in [-0.39, 0.29) is 36.0 Å². The molecular formula is C27H39N5O4. The highest BCUT2D eigenvalue weighted by atomic mass is 16.5. The van der Waals surface area contributed by atoms with Crippen LogP contribution in [0.3, 0.4) is 0 Å². The second-order valence-electron chi connectivity index (χ2n) is 9.83. The summed E-state index contributed by atoms with van der Waals surface area (Å²) < 4.78 is 6.97. The number of H-pyrrole nitrogens is 1. The zero-order valence-corrected chi connectivity index (χ0v) is 21.5. The van der Waals surface area contributed by atoms with Gasteiger partial charge >= 0.3 is 5.69 Å². The van der Waals surface area contributed by atoms with Gasteiger partial charge in [0.05, 0.1) is 13.2 Å². The SMILES string of the molecule is CCCCn1c(N)c(N(C(=O)CN2CCCC2c2ccc(OCC)cc2)C2CCCC2)c(=O)[nH]c1=O. The number of carbonyl (C=O) groups is 1. The Hall–Kier alpha value is -3.07. The number of anilines is 2. The first-order valence-corrected chi connectivity index (χ1v) is 13.4. The van der Waals surface area contributed by atoms with E-state index < -0.39 is 11.2 Å². The lowest BCUT2D eigenvalue weighted by molar-refractivity contribution is -0.120. The van der Waals surface area contributed by atoms with E-state index >= 15 is 0 Å². The lowest BCUT2D eigenvalue weighted by atomic mass is 10.0. The maximum Gasteiger partial charge on any atom is 0.330 e. The lowest BCUT2D eigenvalue weighted by Gasteiger charge is -2.33. The third kappa shape index (κ3) is 5.51. The zero-order valence-electron chi connectivity index (χ0n) is 21.5. The van der Waals surface area contributed by atoms with Gasteiger partial charge in [0.15, 0.2) is 5.69 Å². The molecule has 36 heavy (non-hydrogen) atoms. The second-order valence-corrected chi connectivity index (χ2v) is 9.83. The number of unbranched alkanes of at least 4 members (excludes halogenated alkanes) is 1. The van der Waals surface area contributed by atoms with Crippen LogP contribution in [0.15, 0.2) is 33.9 Å². The molecule has 0 spiro atoms. The molecule has 196 valence electrons. The first kappa shape index (κ1) is 26.0. The summed E-state index contributed by atoms with van der Waals surface area (Å²) in [5.74, 6) is 0.779. The van der Waals surface area contributed by atoms with Crippen LogP contribution in [0, 0.1) is 0 Å². The van der Waals surface area contributed by atoms with Gasteiger partial charge < -0.3 is 15.4 Å². The number of nitrogens with one attached hydrogen (secondary N) is 1. The van der Waals surface area contributed by atoms with Crippen molar-refractivity contribution < 1.29 is 9.53 Å². The quantitative estimate of drug-likeness (QED) is 0.520. The Morgan fingerprint density at radius 1 is 1.11 bits per heavy atom. The minimum atomic E-state index is -0.588. The number of ether oxygens (including phenoxy) is 1. The number of benzene rings is 1. The molecule has 3 N–H and O–H groups in total. The van der Waals surface area contributed by atoms with Crippen LogP contribution in [0.2, 0.25) is 0 Å². The van der Waals surface area contributed by atoms with Gasteiger partial charge in [-0.05, 0) is 63.3 Å². The summed E-state index contributed by atoms with van der Waals surface area (Å²) in [7, 11) is 0. The molecule has 1 amide bonds. The average Bonchev–Trinajstić information content (AvgIpc) is 3.55. The van der Waals surface area contributed by atoms with Crippen molar-refractivity contribution in [1.82, 2.24) is 14.5 Å². The standard InChI is InChI=1S/C27H39N5O4/c1-3-5-17-31-25(28)24(26(34)29-27(31)35)32(20-9-6-7-10-20)23(33)18-30-16-8-11-22(30)19-12-14-21(15-13-19)36-4-2/h12-15,20,22H,3-11,16-18,28H2,1-2H3,(H,29,34,35). The predicted octanol–water partition coefficient (Wildman–Crippen LogP) is 3.43. The van der Waals surface area contributed by atoms with Gasteiger partial charge in [0.25, 0.3) is 5.56 Å². The van der Waals surface area contributed by atoms with Gasteiger partial charge in [0, 0.05) is 18.6 Å². The number of nitrogen functional groups attached to an aromatic ring is 1. The van der Waals surface area contributed by atoms with Crippen molar-refractivity contribution in [2.45, 2.75) is 83.8 Å². The molecule has 0 radical (unpaired) electrons. The van der Waals surface area contributed by atoms with Crippen LogP contribution in [0.5, 0.6) is 5.75 Å². The summed E-state index contributed by atoms with van der Waals surface area (Å²) in [6.45, 7) is 6.02. The Morgan fingerprint density at radius 3 is 2.50 bits per heavy atom. The number of carbonyl (C=O) groups excluding carboxylic acids is 1. The lowest BCUT2D eigenvalue weighted by Crippen LogP contribution is -2.49. The van der Waals surface area contributed by atoms with E-state index in [1.165, 1.54) is 4.57 Å². The van der Waals surface area contributed by atoms with Crippen LogP contribution in [0.25, 0.3) is 0 Å². The molecule has 1 atom stereocenters. The summed E-state index contributed by atoms with van der Waals surface area (Å²) in [4.78, 5) is 45.6. The van der Waals surface area contributed by atoms with E-state index in [4.69, 9.17) is 10.5 Å². The minimum absolute atomic E-state index is 0.0851. The van der Waals surface area contributed by atoms with Crippen molar-refractivity contribution in [1.29, 1.82) is 0 Å². The number of hydrogen-bond acceptors (Lipinski definition) is 6. The number of aromatic amines is 1. The maximum absolute atomic E-state index is 13.9. The Morgan fingerprint density at radius 2 is 1.83 bits per heavy atom. The molecule has 1 unspecified atom stereocenters. The number of nitrogens with two attached hydrogens (primary N) is 1. The molecular weight excluding hydrogens is 458 g/mol. The molecule has 2 aliphatic rings. The van der Waals surface area contributed by atoms with E-state index in [9.17, 15) is 14.4 Å². The van der Waals surface area contributed by atoms with Gasteiger partial charge in [0.2, 0.25) is 5.91 Å². The van der Waals surface area contributed by atoms with Gasteiger partial charge in [-0.2, -0.15) is 0 Å². The van der Waals surface area contributed by atoms with Gasteiger partial charge in [-0.1, -0.05) is 38.3 Å². The molecule has 1 aliphatic heterocycles. The molecule has 1 saturated heterocycles. The highest BCUT2D eigenvalue weighted by molar-refractivity contribution is 5.97. The van der Waals surface area contributed by atoms with Crippen LogP contribution >= 0.6 is 0 Å². The number of aromatic nitrogens is 2. The molecule has 1 saturated carbocycles. The first-order valence-electron chi connectivity index (χ1n) is 13.4. The van der Waals surface area contributed by atoms with Crippen LogP contribution in [-0.2, 0) is 11.3 Å². The van der Waals surface area contributed by atoms with Gasteiger partial charge in [-0.15, -0.1) is 0 Å². The third-order valence-electron chi connectivity index (χ3n) is 7.43. The highest BCUT2D eigenvalue weighted by Gasteiger charge is 2.35. The van der Waals surface area contributed by atoms with Gasteiger partial charge in [-0.3, -0.25) is 24.0 Å². The van der Waals surface area contributed by atoms with Crippen molar-refractivity contribution in [2.75, 3.05) is 30.3 Å². The van der Waals surface area contributed by atoms with Crippen LogP contribution in [0.4, 0.5) is 11.5 Å². The molecule has 0 bridgehead atoms. The Kier molecular flexibility index (Phi) is 8.51. The number of likely N-dealkylation sites (tertiary alicyclic amines) is 1. The normalized spacial score (nSPS) is 18.6. The predicted molar refractivity (Wildman–Crippen MR) is 142 cm³/mol. The second kappa shape index (κ2) is 11.8. The largest absolute Gasteiger partial charge is 0.494 e. The van der Waals surface area contributed by atoms with Crippen molar-refractivity contribution in [3.63, 3.8) is 0 Å². The Labute approximate surface area is 212 Å². The molecule has 1 aromatic heterocycles. The smallest absolute Gasteiger partial charge is 0.330 e. The molecule has 9 nitrogen and oxygen atoms in total. The first-order chi connectivity index (χ1) is 17.4. The molecule has 9 heteroatoms. The summed E-state index contributed by atoms with van der Waals surface area (Å²) in [5.41, 5.74) is 6.59. The third-order valence-corrected chi connectivity index (χ3v) is 7.43. The number of rotatable bonds is 10. The fraction of sp³-hybridized carbons (Fsp3) is 0.593. The fourth-order valence-corrected chi connectivity index (χ4v) is 5.62. The van der Waals surface area contributed by atoms with E-state index in [0.29, 0.717) is 13.2 Å². The molecule has 4 rings (SSSR count). The number of nitrogens with zero attached hydrogens (tertiary/aromatic N) is 3. The van der Waals surface area contributed by atoms with Crippen LogP contribution < -0.4 is 26.6 Å². The molecule has 2 fully saturated rings. The van der Waals surface area contributed by atoms with E-state index in [1.807, 2.05) is 26.0 Å². The van der Waals surface area contributed by atoms with E-state index in [2.05, 4.69) is 22.0 Å². The molecule has 1 aliphatic carbocycles. The average molecular weight is 498 g/mol. The fourth-order valence-electron chi connectivity index (χ4n) is 5.62. The Balaban J connectivity index is 1.62. The summed E-state index contributed by atoms with van der Waals surface area (Å²) in [6, 6.07) is 8.12. The number of amides is 1. The monoisotopic (exact) mass is 497 g/mol. The summed E-state index contributed by atoms with van der Waals surface area (Å²) in [5, 5.41) is 0.